The van der Waals surface area contributed by atoms with Crippen molar-refractivity contribution < 1.29 is 13.9 Å². The number of para-hydroxylation sites is 2. The molecule has 5 heteroatoms. The van der Waals surface area contributed by atoms with Crippen molar-refractivity contribution in [2.24, 2.45) is 4.99 Å². The van der Waals surface area contributed by atoms with Gasteiger partial charge >= 0.3 is 0 Å². The Morgan fingerprint density at radius 1 is 0.903 bits per heavy atom. The molecule has 2 N–H and O–H groups in total. The molecular weight excluding hydrogens is 388 g/mol. The molecule has 0 unspecified atom stereocenters. The Labute approximate surface area is 181 Å². The fraction of sp³-hybridized carbons (Fsp3) is 0.192. The van der Waals surface area contributed by atoms with E-state index in [0.29, 0.717) is 18.0 Å². The Hall–Kier alpha value is -3.73. The van der Waals surface area contributed by atoms with Crippen LogP contribution in [0.2, 0.25) is 0 Å². The van der Waals surface area contributed by atoms with Crippen molar-refractivity contribution in [3.8, 4) is 22.6 Å². The summed E-state index contributed by atoms with van der Waals surface area (Å²) in [6.07, 6.45) is 0. The number of methoxy groups -OCH3 is 1. The maximum atomic E-state index is 6.18. The minimum atomic E-state index is 0.620. The fourth-order valence-corrected chi connectivity index (χ4v) is 3.81. The molecule has 31 heavy (non-hydrogen) atoms. The zero-order valence-corrected chi connectivity index (χ0v) is 18.2. The van der Waals surface area contributed by atoms with Crippen molar-refractivity contribution in [1.82, 2.24) is 0 Å². The highest BCUT2D eigenvalue weighted by molar-refractivity contribution is 5.93. The Balaban J connectivity index is 2.06. The van der Waals surface area contributed by atoms with Crippen molar-refractivity contribution in [1.29, 1.82) is 0 Å². The van der Waals surface area contributed by atoms with Gasteiger partial charge in [0.15, 0.2) is 0 Å². The van der Waals surface area contributed by atoms with E-state index in [1.807, 2.05) is 75.4 Å². The number of hydrogen-bond acceptors (Lipinski definition) is 5. The molecule has 1 aromatic heterocycles. The normalized spacial score (nSPS) is 11.7. The summed E-state index contributed by atoms with van der Waals surface area (Å²) in [6.45, 7) is 6.49. The molecule has 0 radical (unpaired) electrons. The molecule has 1 heterocycles. The number of fused-ring (bicyclic) bond motifs is 1. The predicted molar refractivity (Wildman–Crippen MR) is 125 cm³/mol. The Bertz CT molecular complexity index is 1310. The zero-order chi connectivity index (χ0) is 22.0. The summed E-state index contributed by atoms with van der Waals surface area (Å²) in [5.41, 5.74) is 9.52. The zero-order valence-electron chi connectivity index (χ0n) is 18.2. The monoisotopic (exact) mass is 414 g/mol. The van der Waals surface area contributed by atoms with E-state index in [1.165, 1.54) is 0 Å². The van der Waals surface area contributed by atoms with E-state index in [1.54, 1.807) is 7.11 Å². The maximum Gasteiger partial charge on any atom is 0.130 e. The third-order valence-electron chi connectivity index (χ3n) is 5.24. The van der Waals surface area contributed by atoms with Crippen LogP contribution in [-0.4, -0.2) is 13.7 Å². The van der Waals surface area contributed by atoms with Gasteiger partial charge in [0, 0.05) is 0 Å². The number of nitrogens with two attached hydrogens (primary N) is 1. The summed E-state index contributed by atoms with van der Waals surface area (Å²) < 4.78 is 17.3. The van der Waals surface area contributed by atoms with Gasteiger partial charge in [0.05, 0.1) is 41.2 Å². The molecule has 0 amide bonds. The Morgan fingerprint density at radius 3 is 2.29 bits per heavy atom. The molecule has 3 aromatic carbocycles. The summed E-state index contributed by atoms with van der Waals surface area (Å²) in [6, 6.07) is 19.7. The highest BCUT2D eigenvalue weighted by atomic mass is 16.5. The molecule has 0 saturated carbocycles. The third-order valence-corrected chi connectivity index (χ3v) is 5.24. The lowest BCUT2D eigenvalue weighted by Crippen LogP contribution is -2.01. The summed E-state index contributed by atoms with van der Waals surface area (Å²) >= 11 is 0. The third kappa shape index (κ3) is 3.99. The molecule has 0 aliphatic heterocycles. The number of nitrogen functional groups attached to an aromatic ring is 1. The molecular formula is C26H26N2O3. The van der Waals surface area contributed by atoms with Gasteiger partial charge in [-0.1, -0.05) is 24.3 Å². The van der Waals surface area contributed by atoms with Crippen molar-refractivity contribution >= 4 is 22.1 Å². The van der Waals surface area contributed by atoms with Crippen LogP contribution in [0.3, 0.4) is 0 Å². The van der Waals surface area contributed by atoms with E-state index in [-0.39, 0.29) is 0 Å². The first kappa shape index (κ1) is 20.5. The lowest BCUT2D eigenvalue weighted by molar-refractivity contribution is 0.340. The van der Waals surface area contributed by atoms with E-state index < -0.39 is 0 Å². The second-order valence-electron chi connectivity index (χ2n) is 7.29. The number of ether oxygens (including phenoxy) is 2. The SMILES string of the molecule is CCOc1ccc(-c2cc(OC)c3c(C)oc(C)c3c(=Nc3ccccc3N)c2)cc1. The molecule has 4 rings (SSSR count). The van der Waals surface area contributed by atoms with Gasteiger partial charge in [-0.15, -0.1) is 0 Å². The first-order valence-corrected chi connectivity index (χ1v) is 10.3. The van der Waals surface area contributed by atoms with Gasteiger partial charge < -0.3 is 19.6 Å². The molecule has 5 nitrogen and oxygen atoms in total. The van der Waals surface area contributed by atoms with Crippen LogP contribution in [-0.2, 0) is 0 Å². The van der Waals surface area contributed by atoms with Gasteiger partial charge in [0.2, 0.25) is 0 Å². The van der Waals surface area contributed by atoms with Crippen LogP contribution in [0.15, 0.2) is 70.1 Å². The van der Waals surface area contributed by atoms with Crippen LogP contribution in [0, 0.1) is 13.8 Å². The van der Waals surface area contributed by atoms with E-state index in [4.69, 9.17) is 24.6 Å². The lowest BCUT2D eigenvalue weighted by Gasteiger charge is -2.05. The summed E-state index contributed by atoms with van der Waals surface area (Å²) in [7, 11) is 1.67. The fourth-order valence-electron chi connectivity index (χ4n) is 3.81. The minimum absolute atomic E-state index is 0.620. The molecule has 0 spiro atoms. The number of anilines is 1. The van der Waals surface area contributed by atoms with Crippen LogP contribution >= 0.6 is 0 Å². The van der Waals surface area contributed by atoms with Crippen molar-refractivity contribution in [2.75, 3.05) is 19.5 Å². The number of rotatable bonds is 5. The number of nitrogens with zero attached hydrogens (tertiary/aromatic N) is 1. The molecule has 0 bridgehead atoms. The predicted octanol–water partition coefficient (Wildman–Crippen LogP) is 5.94. The van der Waals surface area contributed by atoms with E-state index in [9.17, 15) is 0 Å². The average molecular weight is 415 g/mol. The topological polar surface area (TPSA) is 70.0 Å². The lowest BCUT2D eigenvalue weighted by atomic mass is 10.1. The highest BCUT2D eigenvalue weighted by Crippen LogP contribution is 2.34. The minimum Gasteiger partial charge on any atom is -0.496 e. The average Bonchev–Trinajstić information content (AvgIpc) is 2.96. The summed E-state index contributed by atoms with van der Waals surface area (Å²) in [5.74, 6) is 3.14. The number of benzene rings is 2. The largest absolute Gasteiger partial charge is 0.496 e. The second-order valence-corrected chi connectivity index (χ2v) is 7.29. The molecule has 4 aromatic rings. The maximum absolute atomic E-state index is 6.18. The van der Waals surface area contributed by atoms with E-state index >= 15 is 0 Å². The van der Waals surface area contributed by atoms with Crippen LogP contribution < -0.4 is 20.6 Å². The Kier molecular flexibility index (Phi) is 5.67. The highest BCUT2D eigenvalue weighted by Gasteiger charge is 2.15. The number of furan rings is 1. The number of aryl methyl sites for hydroxylation is 2. The van der Waals surface area contributed by atoms with Crippen LogP contribution in [0.4, 0.5) is 11.4 Å². The van der Waals surface area contributed by atoms with Crippen molar-refractivity contribution in [3.05, 3.63) is 77.5 Å². The first-order chi connectivity index (χ1) is 15.0. The molecule has 0 aliphatic rings. The smallest absolute Gasteiger partial charge is 0.130 e. The van der Waals surface area contributed by atoms with Crippen molar-refractivity contribution in [2.45, 2.75) is 20.8 Å². The van der Waals surface area contributed by atoms with Gasteiger partial charge in [0.25, 0.3) is 0 Å². The number of hydrogen-bond donors (Lipinski definition) is 1. The van der Waals surface area contributed by atoms with E-state index in [2.05, 4.69) is 6.07 Å². The van der Waals surface area contributed by atoms with Gasteiger partial charge in [-0.2, -0.15) is 0 Å². The second kappa shape index (κ2) is 8.56. The van der Waals surface area contributed by atoms with Crippen molar-refractivity contribution in [3.63, 3.8) is 0 Å². The summed E-state index contributed by atoms with van der Waals surface area (Å²) in [4.78, 5) is 4.93. The molecule has 0 atom stereocenters. The molecule has 158 valence electrons. The van der Waals surface area contributed by atoms with Gasteiger partial charge in [-0.05, 0) is 68.3 Å². The van der Waals surface area contributed by atoms with Crippen LogP contribution in [0.5, 0.6) is 11.5 Å². The quantitative estimate of drug-likeness (QED) is 0.410. The standard InChI is InChI=1S/C26H26N2O3/c1-5-30-20-12-10-18(11-13-20)19-14-23(28-22-9-7-6-8-21(22)27)25-16(2)31-17(3)26(25)24(15-19)29-4/h6-15H,5,27H2,1-4H3. The molecule has 0 aliphatic carbocycles. The summed E-state index contributed by atoms with van der Waals surface area (Å²) in [5, 5.41) is 2.59. The van der Waals surface area contributed by atoms with Gasteiger partial charge in [0.1, 0.15) is 23.0 Å². The van der Waals surface area contributed by atoms with Gasteiger partial charge in [-0.25, -0.2) is 4.99 Å². The van der Waals surface area contributed by atoms with Crippen LogP contribution in [0.1, 0.15) is 18.4 Å². The molecule has 0 fully saturated rings. The van der Waals surface area contributed by atoms with E-state index in [0.717, 1.165) is 50.3 Å². The van der Waals surface area contributed by atoms with Crippen LogP contribution in [0.25, 0.3) is 21.9 Å². The van der Waals surface area contributed by atoms with Gasteiger partial charge in [-0.3, -0.25) is 0 Å². The molecule has 0 saturated heterocycles. The first-order valence-electron chi connectivity index (χ1n) is 10.3. The Morgan fingerprint density at radius 2 is 1.61 bits per heavy atom.